The second-order valence-corrected chi connectivity index (χ2v) is 10.3. The van der Waals surface area contributed by atoms with Crippen LogP contribution in [0.2, 0.25) is 0 Å². The Labute approximate surface area is 180 Å². The van der Waals surface area contributed by atoms with Gasteiger partial charge in [0.25, 0.3) is 5.56 Å². The van der Waals surface area contributed by atoms with E-state index in [1.807, 2.05) is 34.9 Å². The Morgan fingerprint density at radius 3 is 2.76 bits per heavy atom. The smallest absolute Gasteiger partial charge is 0.267 e. The van der Waals surface area contributed by atoms with Crippen LogP contribution in [0.5, 0.6) is 0 Å². The Kier molecular flexibility index (Phi) is 6.13. The summed E-state index contributed by atoms with van der Waals surface area (Å²) >= 11 is 3.31. The second-order valence-electron chi connectivity index (χ2n) is 8.19. The van der Waals surface area contributed by atoms with Crippen LogP contribution in [0.4, 0.5) is 0 Å². The summed E-state index contributed by atoms with van der Waals surface area (Å²) in [6.07, 6.45) is 5.59. The van der Waals surface area contributed by atoms with Crippen LogP contribution in [-0.2, 0) is 17.8 Å². The Hall–Kier alpha value is -1.63. The molecule has 0 N–H and O–H groups in total. The van der Waals surface area contributed by atoms with E-state index in [4.69, 9.17) is 9.72 Å². The number of benzene rings is 1. The lowest BCUT2D eigenvalue weighted by Gasteiger charge is -2.29. The number of unbranched alkanes of at least 4 members (excludes halogenated alkanes) is 3. The van der Waals surface area contributed by atoms with E-state index in [9.17, 15) is 4.79 Å². The Morgan fingerprint density at radius 2 is 2.00 bits per heavy atom. The number of aromatic nitrogens is 2. The van der Waals surface area contributed by atoms with Crippen LogP contribution in [0.1, 0.15) is 56.9 Å². The molecule has 0 amide bonds. The average molecular weight is 429 g/mol. The Bertz CT molecular complexity index is 1050. The molecule has 1 aromatic carbocycles. The molecule has 154 valence electrons. The molecule has 0 saturated carbocycles. The molecule has 4 nitrogen and oxygen atoms in total. The van der Waals surface area contributed by atoms with E-state index in [1.165, 1.54) is 19.3 Å². The van der Waals surface area contributed by atoms with E-state index >= 15 is 0 Å². The van der Waals surface area contributed by atoms with Crippen molar-refractivity contribution in [2.24, 2.45) is 0 Å². The van der Waals surface area contributed by atoms with Gasteiger partial charge < -0.3 is 4.74 Å². The number of fused-ring (bicyclic) bond motifs is 3. The first-order valence-corrected chi connectivity index (χ1v) is 12.2. The van der Waals surface area contributed by atoms with E-state index < -0.39 is 0 Å². The third kappa shape index (κ3) is 4.30. The minimum Gasteiger partial charge on any atom is -0.370 e. The normalized spacial score (nSPS) is 15.6. The summed E-state index contributed by atoms with van der Waals surface area (Å²) in [4.78, 5) is 20.7. The molecule has 0 unspecified atom stereocenters. The van der Waals surface area contributed by atoms with Gasteiger partial charge in [0.05, 0.1) is 23.3 Å². The van der Waals surface area contributed by atoms with Crippen molar-refractivity contribution in [2.45, 2.75) is 70.2 Å². The van der Waals surface area contributed by atoms with Crippen molar-refractivity contribution in [1.29, 1.82) is 0 Å². The highest BCUT2D eigenvalue weighted by molar-refractivity contribution is 7.99. The molecule has 0 fully saturated rings. The van der Waals surface area contributed by atoms with Gasteiger partial charge in [-0.1, -0.05) is 56.1 Å². The molecule has 0 saturated heterocycles. The molecule has 0 bridgehead atoms. The number of para-hydroxylation sites is 1. The second kappa shape index (κ2) is 8.62. The fraction of sp³-hybridized carbons (Fsp3) is 0.478. The topological polar surface area (TPSA) is 44.1 Å². The molecule has 1 aliphatic heterocycles. The Morgan fingerprint density at radius 1 is 1.21 bits per heavy atom. The highest BCUT2D eigenvalue weighted by atomic mass is 32.2. The number of hydrogen-bond donors (Lipinski definition) is 0. The molecular weight excluding hydrogens is 400 g/mol. The zero-order valence-corrected chi connectivity index (χ0v) is 19.0. The number of nitrogens with zero attached hydrogens (tertiary/aromatic N) is 2. The van der Waals surface area contributed by atoms with E-state index in [0.29, 0.717) is 6.61 Å². The number of hydrogen-bond acceptors (Lipinski definition) is 5. The van der Waals surface area contributed by atoms with Crippen LogP contribution in [0.3, 0.4) is 0 Å². The van der Waals surface area contributed by atoms with Gasteiger partial charge >= 0.3 is 0 Å². The van der Waals surface area contributed by atoms with Crippen LogP contribution in [0, 0.1) is 0 Å². The molecule has 29 heavy (non-hydrogen) atoms. The van der Waals surface area contributed by atoms with Gasteiger partial charge in [0.2, 0.25) is 0 Å². The van der Waals surface area contributed by atoms with Gasteiger partial charge in [-0.05, 0) is 38.0 Å². The van der Waals surface area contributed by atoms with Gasteiger partial charge in [-0.2, -0.15) is 0 Å². The van der Waals surface area contributed by atoms with Crippen molar-refractivity contribution in [3.8, 4) is 5.69 Å². The summed E-state index contributed by atoms with van der Waals surface area (Å²) in [6, 6.07) is 9.90. The first kappa shape index (κ1) is 20.6. The maximum atomic E-state index is 13.7. The maximum Gasteiger partial charge on any atom is 0.267 e. The van der Waals surface area contributed by atoms with E-state index in [0.717, 1.165) is 50.1 Å². The third-order valence-electron chi connectivity index (χ3n) is 5.32. The molecule has 1 aliphatic rings. The quantitative estimate of drug-likeness (QED) is 0.264. The average Bonchev–Trinajstić information content (AvgIpc) is 3.05. The van der Waals surface area contributed by atoms with Crippen LogP contribution in [0.15, 0.2) is 40.3 Å². The van der Waals surface area contributed by atoms with E-state index in [-0.39, 0.29) is 11.2 Å². The predicted molar refractivity (Wildman–Crippen MR) is 123 cm³/mol. The van der Waals surface area contributed by atoms with Crippen molar-refractivity contribution in [3.63, 3.8) is 0 Å². The van der Waals surface area contributed by atoms with Gasteiger partial charge in [-0.3, -0.25) is 9.36 Å². The van der Waals surface area contributed by atoms with E-state index in [1.54, 1.807) is 23.1 Å². The van der Waals surface area contributed by atoms with Gasteiger partial charge in [-0.15, -0.1) is 11.3 Å². The molecule has 4 rings (SSSR count). The molecule has 3 heterocycles. The van der Waals surface area contributed by atoms with Crippen LogP contribution in [0.25, 0.3) is 15.9 Å². The maximum absolute atomic E-state index is 13.7. The van der Waals surface area contributed by atoms with Crippen molar-refractivity contribution < 1.29 is 4.74 Å². The minimum atomic E-state index is -0.252. The van der Waals surface area contributed by atoms with Gasteiger partial charge in [0, 0.05) is 17.1 Å². The molecule has 0 spiro atoms. The lowest BCUT2D eigenvalue weighted by Crippen LogP contribution is -2.32. The van der Waals surface area contributed by atoms with Gasteiger partial charge in [0.1, 0.15) is 4.83 Å². The number of thiophene rings is 1. The highest BCUT2D eigenvalue weighted by Crippen LogP contribution is 2.38. The number of ether oxygens (including phenoxy) is 1. The van der Waals surface area contributed by atoms with Crippen molar-refractivity contribution in [2.75, 3.05) is 5.75 Å². The van der Waals surface area contributed by atoms with E-state index in [2.05, 4.69) is 20.8 Å². The SMILES string of the molecule is CCCCCCSc1nc2sc3c(c2c(=O)n1-c1ccccc1)CC(C)(C)OC3. The monoisotopic (exact) mass is 428 g/mol. The number of thioether (sulfide) groups is 1. The summed E-state index contributed by atoms with van der Waals surface area (Å²) < 4.78 is 7.79. The number of rotatable bonds is 7. The molecular formula is C23H28N2O2S2. The molecule has 2 aromatic heterocycles. The Balaban J connectivity index is 1.81. The summed E-state index contributed by atoms with van der Waals surface area (Å²) in [5, 5.41) is 1.57. The van der Waals surface area contributed by atoms with Crippen LogP contribution >= 0.6 is 23.1 Å². The fourth-order valence-corrected chi connectivity index (χ4v) is 5.92. The minimum absolute atomic E-state index is 0.0486. The first-order valence-electron chi connectivity index (χ1n) is 10.4. The van der Waals surface area contributed by atoms with Crippen molar-refractivity contribution >= 4 is 33.3 Å². The van der Waals surface area contributed by atoms with Crippen LogP contribution < -0.4 is 5.56 Å². The van der Waals surface area contributed by atoms with Gasteiger partial charge in [-0.25, -0.2) is 4.98 Å². The van der Waals surface area contributed by atoms with Crippen molar-refractivity contribution in [1.82, 2.24) is 9.55 Å². The predicted octanol–water partition coefficient (Wildman–Crippen LogP) is 5.97. The van der Waals surface area contributed by atoms with Crippen LogP contribution in [-0.4, -0.2) is 20.9 Å². The summed E-state index contributed by atoms with van der Waals surface area (Å²) in [5.74, 6) is 0.978. The third-order valence-corrected chi connectivity index (χ3v) is 7.44. The molecule has 0 radical (unpaired) electrons. The zero-order chi connectivity index (χ0) is 20.4. The summed E-state index contributed by atoms with van der Waals surface area (Å²) in [5.41, 5.74) is 1.81. The first-order chi connectivity index (χ1) is 14.0. The standard InChI is InChI=1S/C23H28N2O2S2/c1-4-5-6-10-13-28-22-24-20-19(17-14-23(2,3)27-15-18(17)29-20)21(26)25(22)16-11-8-7-9-12-16/h7-9,11-12H,4-6,10,13-15H2,1-3H3. The zero-order valence-electron chi connectivity index (χ0n) is 17.4. The van der Waals surface area contributed by atoms with Gasteiger partial charge in [0.15, 0.2) is 5.16 Å². The highest BCUT2D eigenvalue weighted by Gasteiger charge is 2.31. The summed E-state index contributed by atoms with van der Waals surface area (Å²) in [7, 11) is 0. The largest absolute Gasteiger partial charge is 0.370 e. The molecule has 0 atom stereocenters. The van der Waals surface area contributed by atoms with Crippen molar-refractivity contribution in [3.05, 3.63) is 51.1 Å². The fourth-order valence-electron chi connectivity index (χ4n) is 3.77. The molecule has 6 heteroatoms. The molecule has 0 aliphatic carbocycles. The lowest BCUT2D eigenvalue weighted by atomic mass is 9.94. The molecule has 3 aromatic rings. The summed E-state index contributed by atoms with van der Waals surface area (Å²) in [6.45, 7) is 6.96. The lowest BCUT2D eigenvalue weighted by molar-refractivity contribution is -0.0379.